The van der Waals surface area contributed by atoms with E-state index in [-0.39, 0.29) is 18.1 Å². The van der Waals surface area contributed by atoms with E-state index in [1.807, 2.05) is 4.31 Å². The van der Waals surface area contributed by atoms with Gasteiger partial charge in [-0.1, -0.05) is 0 Å². The second-order valence-electron chi connectivity index (χ2n) is 9.53. The fourth-order valence-corrected chi connectivity index (χ4v) is 8.34. The van der Waals surface area contributed by atoms with Crippen LogP contribution in [0, 0.1) is 17.8 Å². The fourth-order valence-electron chi connectivity index (χ4n) is 6.18. The number of rotatable bonds is 4. The van der Waals surface area contributed by atoms with Crippen LogP contribution in [-0.4, -0.2) is 79.1 Å². The SMILES string of the molecule is NC1[C@@H]2C[C@H]1CN(S(=O)(=O)N1[C@@H]3CC[C@H]1CC(N1CC=C(C4COC4)O1)C3)C2. The van der Waals surface area contributed by atoms with Crippen LogP contribution in [0.4, 0.5) is 0 Å². The van der Waals surface area contributed by atoms with E-state index in [4.69, 9.17) is 15.3 Å². The Balaban J connectivity index is 1.13. The van der Waals surface area contributed by atoms with Crippen molar-refractivity contribution in [2.75, 3.05) is 32.8 Å². The standard InChI is InChI=1S/C19H30N4O4S/c20-19-12-5-13(19)9-21(8-12)28(24,25)23-15-1-2-16(23)7-17(6-15)22-4-3-18(27-22)14-10-26-11-14/h3,12-17,19H,1-2,4-11,20H2/t12-,13+,15-,16+,17?,19?. The normalized spacial score (nSPS) is 44.7. The van der Waals surface area contributed by atoms with Crippen LogP contribution in [0.25, 0.3) is 0 Å². The quantitative estimate of drug-likeness (QED) is 0.716. The van der Waals surface area contributed by atoms with E-state index < -0.39 is 10.2 Å². The van der Waals surface area contributed by atoms with Crippen molar-refractivity contribution in [1.82, 2.24) is 13.7 Å². The Kier molecular flexibility index (Phi) is 4.13. The number of hydroxylamine groups is 2. The Hall–Kier alpha value is -0.710. The molecule has 0 radical (unpaired) electrons. The highest BCUT2D eigenvalue weighted by Crippen LogP contribution is 2.45. The van der Waals surface area contributed by atoms with Gasteiger partial charge in [0.2, 0.25) is 0 Å². The molecule has 8 nitrogen and oxygen atoms in total. The minimum absolute atomic E-state index is 0.0976. The van der Waals surface area contributed by atoms with E-state index in [0.717, 1.165) is 57.6 Å². The highest BCUT2D eigenvalue weighted by atomic mass is 32.2. The van der Waals surface area contributed by atoms with E-state index in [2.05, 4.69) is 11.1 Å². The molecule has 7 rings (SSSR count). The maximum Gasteiger partial charge on any atom is 0.282 e. The molecule has 2 N–H and O–H groups in total. The average Bonchev–Trinajstić information content (AvgIpc) is 3.23. The van der Waals surface area contributed by atoms with Gasteiger partial charge in [0.1, 0.15) is 5.76 Å². The van der Waals surface area contributed by atoms with E-state index in [9.17, 15) is 8.42 Å². The number of piperidine rings is 3. The molecule has 6 fully saturated rings. The Labute approximate surface area is 166 Å². The van der Waals surface area contributed by atoms with Crippen molar-refractivity contribution in [3.8, 4) is 0 Å². The van der Waals surface area contributed by atoms with Gasteiger partial charge in [-0.05, 0) is 50.0 Å². The predicted molar refractivity (Wildman–Crippen MR) is 102 cm³/mol. The number of nitrogens with zero attached hydrogens (tertiary/aromatic N) is 3. The monoisotopic (exact) mass is 410 g/mol. The van der Waals surface area contributed by atoms with E-state index >= 15 is 0 Å². The molecule has 0 aromatic carbocycles. The Morgan fingerprint density at radius 2 is 1.68 bits per heavy atom. The number of hydrogen-bond donors (Lipinski definition) is 1. The molecule has 1 saturated carbocycles. The van der Waals surface area contributed by atoms with E-state index in [0.29, 0.717) is 36.9 Å². The van der Waals surface area contributed by atoms with Crippen LogP contribution in [0.1, 0.15) is 32.1 Å². The molecule has 0 aromatic rings. The first kappa shape index (κ1) is 18.1. The summed E-state index contributed by atoms with van der Waals surface area (Å²) in [6.07, 6.45) is 6.91. The summed E-state index contributed by atoms with van der Waals surface area (Å²) in [6, 6.07) is 0.687. The van der Waals surface area contributed by atoms with Gasteiger partial charge in [-0.3, -0.25) is 0 Å². The lowest BCUT2D eigenvalue weighted by atomic mass is 9.67. The van der Waals surface area contributed by atoms with Gasteiger partial charge in [0.25, 0.3) is 10.2 Å². The summed E-state index contributed by atoms with van der Waals surface area (Å²) in [5, 5.41) is 2.08. The smallest absolute Gasteiger partial charge is 0.282 e. The topological polar surface area (TPSA) is 88.3 Å². The zero-order chi connectivity index (χ0) is 19.0. The lowest BCUT2D eigenvalue weighted by molar-refractivity contribution is -0.162. The van der Waals surface area contributed by atoms with Crippen LogP contribution < -0.4 is 5.73 Å². The van der Waals surface area contributed by atoms with Crippen LogP contribution >= 0.6 is 0 Å². The van der Waals surface area contributed by atoms with Gasteiger partial charge in [0.05, 0.1) is 25.7 Å². The highest BCUT2D eigenvalue weighted by molar-refractivity contribution is 7.86. The first-order valence-corrected chi connectivity index (χ1v) is 12.2. The fraction of sp³-hybridized carbons (Fsp3) is 0.895. The lowest BCUT2D eigenvalue weighted by Crippen LogP contribution is -2.65. The molecule has 5 saturated heterocycles. The van der Waals surface area contributed by atoms with Crippen molar-refractivity contribution in [2.45, 2.75) is 56.3 Å². The van der Waals surface area contributed by atoms with Crippen molar-refractivity contribution in [2.24, 2.45) is 23.5 Å². The number of ether oxygens (including phenoxy) is 1. The van der Waals surface area contributed by atoms with Crippen molar-refractivity contribution < 1.29 is 18.0 Å². The molecule has 2 unspecified atom stereocenters. The molecule has 28 heavy (non-hydrogen) atoms. The van der Waals surface area contributed by atoms with Crippen LogP contribution in [-0.2, 0) is 19.8 Å². The molecule has 6 aliphatic heterocycles. The van der Waals surface area contributed by atoms with Crippen LogP contribution in [0.2, 0.25) is 0 Å². The highest BCUT2D eigenvalue weighted by Gasteiger charge is 2.54. The second kappa shape index (κ2) is 6.39. The van der Waals surface area contributed by atoms with Crippen LogP contribution in [0.5, 0.6) is 0 Å². The maximum absolute atomic E-state index is 13.4. The molecule has 0 spiro atoms. The molecular formula is C19H30N4O4S. The number of fused-ring (bicyclic) bond motifs is 4. The minimum Gasteiger partial charge on any atom is -0.410 e. The predicted octanol–water partition coefficient (Wildman–Crippen LogP) is 0.283. The van der Waals surface area contributed by atoms with Crippen LogP contribution in [0.3, 0.4) is 0 Å². The zero-order valence-electron chi connectivity index (χ0n) is 16.2. The summed E-state index contributed by atoms with van der Waals surface area (Å²) in [5.41, 5.74) is 6.15. The molecule has 156 valence electrons. The van der Waals surface area contributed by atoms with Gasteiger partial charge in [0, 0.05) is 37.3 Å². The summed E-state index contributed by atoms with van der Waals surface area (Å²) in [4.78, 5) is 6.12. The molecule has 1 aliphatic carbocycles. The summed E-state index contributed by atoms with van der Waals surface area (Å²) >= 11 is 0. The summed E-state index contributed by atoms with van der Waals surface area (Å²) < 4.78 is 35.7. The largest absolute Gasteiger partial charge is 0.410 e. The van der Waals surface area contributed by atoms with Gasteiger partial charge in [-0.15, -0.1) is 5.06 Å². The third-order valence-electron chi connectivity index (χ3n) is 7.95. The molecule has 4 bridgehead atoms. The molecule has 9 heteroatoms. The minimum atomic E-state index is -3.39. The van der Waals surface area contributed by atoms with Gasteiger partial charge < -0.3 is 15.3 Å². The van der Waals surface area contributed by atoms with Crippen molar-refractivity contribution in [3.63, 3.8) is 0 Å². The van der Waals surface area contributed by atoms with Crippen molar-refractivity contribution in [3.05, 3.63) is 11.8 Å². The third kappa shape index (κ3) is 2.63. The Morgan fingerprint density at radius 3 is 2.25 bits per heavy atom. The summed E-state index contributed by atoms with van der Waals surface area (Å²) in [7, 11) is -3.39. The zero-order valence-corrected chi connectivity index (χ0v) is 17.0. The van der Waals surface area contributed by atoms with Gasteiger partial charge in [0.15, 0.2) is 0 Å². The first-order valence-electron chi connectivity index (χ1n) is 10.8. The molecule has 7 aliphatic rings. The Bertz CT molecular complexity index is 759. The average molecular weight is 411 g/mol. The number of hydrogen-bond acceptors (Lipinski definition) is 6. The first-order chi connectivity index (χ1) is 13.5. The Morgan fingerprint density at radius 1 is 1.00 bits per heavy atom. The summed E-state index contributed by atoms with van der Waals surface area (Å²) in [5.74, 6) is 2.14. The summed E-state index contributed by atoms with van der Waals surface area (Å²) in [6.45, 7) is 3.51. The van der Waals surface area contributed by atoms with Gasteiger partial charge >= 0.3 is 0 Å². The van der Waals surface area contributed by atoms with E-state index in [1.165, 1.54) is 0 Å². The lowest BCUT2D eigenvalue weighted by Gasteiger charge is -2.53. The third-order valence-corrected chi connectivity index (χ3v) is 10.0. The molecular weight excluding hydrogens is 380 g/mol. The molecule has 0 amide bonds. The van der Waals surface area contributed by atoms with Gasteiger partial charge in [-0.25, -0.2) is 0 Å². The second-order valence-corrected chi connectivity index (χ2v) is 11.4. The van der Waals surface area contributed by atoms with Gasteiger partial charge in [-0.2, -0.15) is 17.0 Å². The van der Waals surface area contributed by atoms with Crippen LogP contribution in [0.15, 0.2) is 11.8 Å². The molecule has 6 atom stereocenters. The number of nitrogens with two attached hydrogens (primary N) is 1. The van der Waals surface area contributed by atoms with E-state index in [1.54, 1.807) is 4.31 Å². The molecule has 0 aromatic heterocycles. The molecule has 6 heterocycles. The maximum atomic E-state index is 13.4. The van der Waals surface area contributed by atoms with Crippen molar-refractivity contribution >= 4 is 10.2 Å². The van der Waals surface area contributed by atoms with Crippen molar-refractivity contribution in [1.29, 1.82) is 0 Å².